The Labute approximate surface area is 159 Å². The lowest BCUT2D eigenvalue weighted by Crippen LogP contribution is -2.44. The summed E-state index contributed by atoms with van der Waals surface area (Å²) in [7, 11) is 1.65. The Kier molecular flexibility index (Phi) is 7.91. The van der Waals surface area contributed by atoms with Gasteiger partial charge in [-0.25, -0.2) is 0 Å². The number of guanidine groups is 1. The number of nitrogens with zero attached hydrogens (tertiary/aromatic N) is 2. The van der Waals surface area contributed by atoms with Gasteiger partial charge in [0.2, 0.25) is 0 Å². The summed E-state index contributed by atoms with van der Waals surface area (Å²) in [5.41, 5.74) is -0.0788. The second-order valence-electron chi connectivity index (χ2n) is 6.96. The van der Waals surface area contributed by atoms with E-state index in [1.807, 2.05) is 6.92 Å². The van der Waals surface area contributed by atoms with Gasteiger partial charge in [0.1, 0.15) is 0 Å². The topological polar surface area (TPSA) is 48.9 Å². The summed E-state index contributed by atoms with van der Waals surface area (Å²) < 4.78 is 44.0. The monoisotopic (exact) mass is 386 g/mol. The zero-order chi connectivity index (χ0) is 19.9. The second-order valence-corrected chi connectivity index (χ2v) is 6.96. The molecule has 0 aromatic heterocycles. The summed E-state index contributed by atoms with van der Waals surface area (Å²) >= 11 is 0. The van der Waals surface area contributed by atoms with Gasteiger partial charge >= 0.3 is 6.18 Å². The minimum Gasteiger partial charge on any atom is -0.379 e. The molecule has 0 aliphatic carbocycles. The number of alkyl halides is 3. The maximum atomic E-state index is 12.9. The van der Waals surface area contributed by atoms with Crippen LogP contribution in [0, 0.1) is 5.92 Å². The van der Waals surface area contributed by atoms with Crippen LogP contribution >= 0.6 is 0 Å². The number of hydrogen-bond donors (Lipinski definition) is 2. The minimum atomic E-state index is -4.34. The first kappa shape index (κ1) is 21.5. The summed E-state index contributed by atoms with van der Waals surface area (Å²) in [6, 6.07) is 5.06. The van der Waals surface area contributed by atoms with Crippen molar-refractivity contribution >= 4 is 5.96 Å². The number of rotatable bonds is 6. The van der Waals surface area contributed by atoms with Crippen LogP contribution in [0.15, 0.2) is 29.3 Å². The van der Waals surface area contributed by atoms with Crippen LogP contribution in [0.5, 0.6) is 0 Å². The Morgan fingerprint density at radius 2 is 1.96 bits per heavy atom. The highest BCUT2D eigenvalue weighted by Crippen LogP contribution is 2.30. The molecule has 8 heteroatoms. The molecule has 1 saturated heterocycles. The van der Waals surface area contributed by atoms with Crippen molar-refractivity contribution in [3.8, 4) is 0 Å². The SMILES string of the molecule is CN=C(NCC(C)CN1CCOCC1)NC(C)c1cccc(C(F)(F)F)c1. The Morgan fingerprint density at radius 1 is 1.26 bits per heavy atom. The van der Waals surface area contributed by atoms with Gasteiger partial charge in [0.15, 0.2) is 5.96 Å². The van der Waals surface area contributed by atoms with Gasteiger partial charge in [0.25, 0.3) is 0 Å². The van der Waals surface area contributed by atoms with E-state index in [9.17, 15) is 13.2 Å². The zero-order valence-electron chi connectivity index (χ0n) is 16.1. The van der Waals surface area contributed by atoms with E-state index < -0.39 is 11.7 Å². The minimum absolute atomic E-state index is 0.298. The first-order valence-corrected chi connectivity index (χ1v) is 9.24. The third-order valence-corrected chi connectivity index (χ3v) is 4.58. The highest BCUT2D eigenvalue weighted by atomic mass is 19.4. The van der Waals surface area contributed by atoms with Crippen molar-refractivity contribution in [2.24, 2.45) is 10.9 Å². The average Bonchev–Trinajstić information content (AvgIpc) is 2.65. The predicted molar refractivity (Wildman–Crippen MR) is 101 cm³/mol. The predicted octanol–water partition coefficient (Wildman–Crippen LogP) is 2.90. The number of benzene rings is 1. The fourth-order valence-electron chi connectivity index (χ4n) is 3.03. The zero-order valence-corrected chi connectivity index (χ0v) is 16.1. The van der Waals surface area contributed by atoms with Crippen molar-refractivity contribution in [3.05, 3.63) is 35.4 Å². The van der Waals surface area contributed by atoms with Gasteiger partial charge in [-0.15, -0.1) is 0 Å². The molecule has 0 amide bonds. The lowest BCUT2D eigenvalue weighted by Gasteiger charge is -2.29. The van der Waals surface area contributed by atoms with Crippen LogP contribution in [0.1, 0.15) is 31.0 Å². The summed E-state index contributed by atoms with van der Waals surface area (Å²) in [6.07, 6.45) is -4.34. The molecule has 5 nitrogen and oxygen atoms in total. The first-order chi connectivity index (χ1) is 12.8. The largest absolute Gasteiger partial charge is 0.416 e. The number of morpholine rings is 1. The van der Waals surface area contributed by atoms with Gasteiger partial charge in [0, 0.05) is 33.2 Å². The van der Waals surface area contributed by atoms with E-state index in [0.29, 0.717) is 17.4 Å². The first-order valence-electron chi connectivity index (χ1n) is 9.24. The third kappa shape index (κ3) is 7.03. The maximum absolute atomic E-state index is 12.9. The van der Waals surface area contributed by atoms with Crippen molar-refractivity contribution in [2.45, 2.75) is 26.1 Å². The van der Waals surface area contributed by atoms with Crippen molar-refractivity contribution in [2.75, 3.05) is 46.4 Å². The standard InChI is InChI=1S/C19H29F3N4O/c1-14(13-26-7-9-27-10-8-26)12-24-18(23-3)25-15(2)16-5-4-6-17(11-16)19(20,21)22/h4-6,11,14-15H,7-10,12-13H2,1-3H3,(H2,23,24,25). The quantitative estimate of drug-likeness (QED) is 0.583. The van der Waals surface area contributed by atoms with Crippen LogP contribution in [-0.4, -0.2) is 57.3 Å². The molecule has 1 aliphatic heterocycles. The van der Waals surface area contributed by atoms with E-state index in [-0.39, 0.29) is 6.04 Å². The second kappa shape index (κ2) is 9.94. The molecule has 1 heterocycles. The summed E-state index contributed by atoms with van der Waals surface area (Å²) in [6.45, 7) is 9.12. The molecule has 1 aromatic carbocycles. The number of nitrogens with one attached hydrogen (secondary N) is 2. The van der Waals surface area contributed by atoms with Crippen LogP contribution in [0.4, 0.5) is 13.2 Å². The van der Waals surface area contributed by atoms with Crippen molar-refractivity contribution < 1.29 is 17.9 Å². The highest BCUT2D eigenvalue weighted by Gasteiger charge is 2.30. The molecule has 2 atom stereocenters. The molecular weight excluding hydrogens is 357 g/mol. The Morgan fingerprint density at radius 3 is 2.59 bits per heavy atom. The fraction of sp³-hybridized carbons (Fsp3) is 0.632. The molecule has 2 unspecified atom stereocenters. The third-order valence-electron chi connectivity index (χ3n) is 4.58. The molecule has 152 valence electrons. The van der Waals surface area contributed by atoms with Crippen LogP contribution < -0.4 is 10.6 Å². The Hall–Kier alpha value is -1.80. The molecule has 0 spiro atoms. The van der Waals surface area contributed by atoms with Gasteiger partial charge in [-0.3, -0.25) is 9.89 Å². The lowest BCUT2D eigenvalue weighted by molar-refractivity contribution is -0.137. The smallest absolute Gasteiger partial charge is 0.379 e. The normalized spacial score (nSPS) is 18.8. The Bertz CT molecular complexity index is 615. The molecule has 2 rings (SSSR count). The van der Waals surface area contributed by atoms with Gasteiger partial charge in [0.05, 0.1) is 24.8 Å². The number of halogens is 3. The average molecular weight is 386 g/mol. The summed E-state index contributed by atoms with van der Waals surface area (Å²) in [4.78, 5) is 6.55. The lowest BCUT2D eigenvalue weighted by atomic mass is 10.1. The number of ether oxygens (including phenoxy) is 1. The molecule has 1 aliphatic rings. The van der Waals surface area contributed by atoms with Crippen LogP contribution in [0.3, 0.4) is 0 Å². The van der Waals surface area contributed by atoms with E-state index in [1.165, 1.54) is 12.1 Å². The van der Waals surface area contributed by atoms with Gasteiger partial charge in [-0.2, -0.15) is 13.2 Å². The van der Waals surface area contributed by atoms with E-state index in [1.54, 1.807) is 13.1 Å². The number of hydrogen-bond acceptors (Lipinski definition) is 3. The van der Waals surface area contributed by atoms with E-state index in [4.69, 9.17) is 4.74 Å². The number of aliphatic imine (C=N–C) groups is 1. The molecule has 0 bridgehead atoms. The Balaban J connectivity index is 1.85. The molecule has 0 radical (unpaired) electrons. The van der Waals surface area contributed by atoms with E-state index >= 15 is 0 Å². The van der Waals surface area contributed by atoms with Crippen LogP contribution in [0.25, 0.3) is 0 Å². The molecule has 2 N–H and O–H groups in total. The molecule has 27 heavy (non-hydrogen) atoms. The summed E-state index contributed by atoms with van der Waals surface area (Å²) in [5.74, 6) is 0.985. The molecule has 0 saturated carbocycles. The molecule has 1 fully saturated rings. The van der Waals surface area contributed by atoms with Crippen LogP contribution in [0.2, 0.25) is 0 Å². The van der Waals surface area contributed by atoms with Crippen molar-refractivity contribution in [1.29, 1.82) is 0 Å². The fourth-order valence-corrected chi connectivity index (χ4v) is 3.03. The van der Waals surface area contributed by atoms with Crippen LogP contribution in [-0.2, 0) is 10.9 Å². The van der Waals surface area contributed by atoms with E-state index in [2.05, 4.69) is 27.4 Å². The maximum Gasteiger partial charge on any atom is 0.416 e. The van der Waals surface area contributed by atoms with E-state index in [0.717, 1.165) is 45.5 Å². The highest BCUT2D eigenvalue weighted by molar-refractivity contribution is 5.80. The molecular formula is C19H29F3N4O. The summed E-state index contributed by atoms with van der Waals surface area (Å²) in [5, 5.41) is 6.42. The molecule has 1 aromatic rings. The van der Waals surface area contributed by atoms with Gasteiger partial charge < -0.3 is 15.4 Å². The van der Waals surface area contributed by atoms with Gasteiger partial charge in [-0.1, -0.05) is 19.1 Å². The van der Waals surface area contributed by atoms with Crippen molar-refractivity contribution in [1.82, 2.24) is 15.5 Å². The van der Waals surface area contributed by atoms with Crippen molar-refractivity contribution in [3.63, 3.8) is 0 Å². The van der Waals surface area contributed by atoms with Gasteiger partial charge in [-0.05, 0) is 30.5 Å².